The summed E-state index contributed by atoms with van der Waals surface area (Å²) in [7, 11) is 1.37. The van der Waals surface area contributed by atoms with Gasteiger partial charge in [-0.1, -0.05) is 6.07 Å². The van der Waals surface area contributed by atoms with Crippen LogP contribution in [0.1, 0.15) is 41.4 Å². The highest BCUT2D eigenvalue weighted by Gasteiger charge is 2.29. The Morgan fingerprint density at radius 1 is 1.33 bits per heavy atom. The van der Waals surface area contributed by atoms with Gasteiger partial charge in [0, 0.05) is 43.4 Å². The maximum atomic E-state index is 11.9. The van der Waals surface area contributed by atoms with Gasteiger partial charge in [-0.25, -0.2) is 4.79 Å². The molecule has 4 rings (SSSR count). The molecule has 1 aromatic heterocycles. The summed E-state index contributed by atoms with van der Waals surface area (Å²) in [4.78, 5) is 25.5. The maximum absolute atomic E-state index is 11.9. The molecule has 0 saturated heterocycles. The van der Waals surface area contributed by atoms with Gasteiger partial charge >= 0.3 is 5.97 Å². The van der Waals surface area contributed by atoms with Crippen LogP contribution < -0.4 is 5.32 Å². The van der Waals surface area contributed by atoms with Crippen LogP contribution in [0.15, 0.2) is 24.3 Å². The van der Waals surface area contributed by atoms with Crippen molar-refractivity contribution in [2.24, 2.45) is 5.92 Å². The average molecular weight is 368 g/mol. The molecule has 7 heteroatoms. The molecule has 0 atom stereocenters. The summed E-state index contributed by atoms with van der Waals surface area (Å²) in [5.41, 5.74) is 3.54. The highest BCUT2D eigenvalue weighted by atomic mass is 16.5. The Balaban J connectivity index is 1.64. The molecule has 1 aromatic carbocycles. The number of benzene rings is 1. The lowest BCUT2D eigenvalue weighted by Gasteiger charge is -2.26. The van der Waals surface area contributed by atoms with Crippen molar-refractivity contribution in [2.45, 2.75) is 39.3 Å². The molecule has 0 unspecified atom stereocenters. The standard InChI is InChI=1S/C20H24N4O3/c1-13(25)23-9-8-18-17(12-23)19(22-24(18)11-14-6-7-14)21-16-5-3-4-15(10-16)20(26)27-2/h3-5,10,14H,6-9,11-12H2,1-2H3,(H,21,22). The molecule has 0 spiro atoms. The molecule has 0 radical (unpaired) electrons. The summed E-state index contributed by atoms with van der Waals surface area (Å²) in [6, 6.07) is 7.17. The zero-order valence-electron chi connectivity index (χ0n) is 15.7. The molecule has 1 N–H and O–H groups in total. The summed E-state index contributed by atoms with van der Waals surface area (Å²) in [5.74, 6) is 1.19. The van der Waals surface area contributed by atoms with Crippen LogP contribution in [0.4, 0.5) is 11.5 Å². The zero-order chi connectivity index (χ0) is 19.0. The summed E-state index contributed by atoms with van der Waals surface area (Å²) >= 11 is 0. The van der Waals surface area contributed by atoms with Crippen LogP contribution in [0.3, 0.4) is 0 Å². The zero-order valence-corrected chi connectivity index (χ0v) is 15.7. The first-order valence-corrected chi connectivity index (χ1v) is 9.34. The number of carbonyl (C=O) groups excluding carboxylic acids is 2. The minimum absolute atomic E-state index is 0.0780. The van der Waals surface area contributed by atoms with Crippen LogP contribution in [-0.4, -0.2) is 40.2 Å². The van der Waals surface area contributed by atoms with Crippen molar-refractivity contribution < 1.29 is 14.3 Å². The van der Waals surface area contributed by atoms with Gasteiger partial charge in [0.1, 0.15) is 0 Å². The number of ether oxygens (including phenoxy) is 1. The van der Waals surface area contributed by atoms with E-state index in [1.807, 2.05) is 17.0 Å². The van der Waals surface area contributed by atoms with Crippen molar-refractivity contribution >= 4 is 23.4 Å². The largest absolute Gasteiger partial charge is 0.465 e. The number of rotatable bonds is 5. The topological polar surface area (TPSA) is 76.5 Å². The van der Waals surface area contributed by atoms with Crippen LogP contribution in [-0.2, 0) is 29.0 Å². The van der Waals surface area contributed by atoms with Crippen LogP contribution >= 0.6 is 0 Å². The van der Waals surface area contributed by atoms with Gasteiger partial charge in [-0.3, -0.25) is 9.48 Å². The summed E-state index contributed by atoms with van der Waals surface area (Å²) in [5, 5.41) is 8.15. The number of anilines is 2. The van der Waals surface area contributed by atoms with Gasteiger partial charge in [0.05, 0.1) is 19.2 Å². The summed E-state index contributed by atoms with van der Waals surface area (Å²) < 4.78 is 6.90. The van der Waals surface area contributed by atoms with E-state index in [9.17, 15) is 9.59 Å². The Kier molecular flexibility index (Phi) is 4.59. The van der Waals surface area contributed by atoms with Crippen molar-refractivity contribution in [3.05, 3.63) is 41.1 Å². The maximum Gasteiger partial charge on any atom is 0.337 e. The minimum atomic E-state index is -0.373. The number of aromatic nitrogens is 2. The predicted octanol–water partition coefficient (Wildman–Crippen LogP) is 2.73. The van der Waals surface area contributed by atoms with Crippen molar-refractivity contribution in [3.63, 3.8) is 0 Å². The van der Waals surface area contributed by atoms with Gasteiger partial charge in [0.15, 0.2) is 5.82 Å². The van der Waals surface area contributed by atoms with E-state index in [2.05, 4.69) is 10.00 Å². The van der Waals surface area contributed by atoms with Crippen LogP contribution in [0.2, 0.25) is 0 Å². The van der Waals surface area contributed by atoms with E-state index in [0.717, 1.165) is 42.5 Å². The van der Waals surface area contributed by atoms with Crippen molar-refractivity contribution in [1.29, 1.82) is 0 Å². The fraction of sp³-hybridized carbons (Fsp3) is 0.450. The second-order valence-corrected chi connectivity index (χ2v) is 7.29. The average Bonchev–Trinajstić information content (AvgIpc) is 3.43. The molecule has 1 aliphatic heterocycles. The third-order valence-electron chi connectivity index (χ3n) is 5.25. The first kappa shape index (κ1) is 17.6. The first-order valence-electron chi connectivity index (χ1n) is 9.34. The molecule has 2 aliphatic rings. The Morgan fingerprint density at radius 3 is 2.85 bits per heavy atom. The van der Waals surface area contributed by atoms with E-state index >= 15 is 0 Å². The third kappa shape index (κ3) is 3.67. The molecule has 1 aliphatic carbocycles. The highest BCUT2D eigenvalue weighted by Crippen LogP contribution is 2.34. The van der Waals surface area contributed by atoms with Gasteiger partial charge in [-0.05, 0) is 37.0 Å². The van der Waals surface area contributed by atoms with Gasteiger partial charge < -0.3 is 15.0 Å². The van der Waals surface area contributed by atoms with E-state index in [1.165, 1.54) is 25.6 Å². The third-order valence-corrected chi connectivity index (χ3v) is 5.25. The Morgan fingerprint density at radius 2 is 2.15 bits per heavy atom. The predicted molar refractivity (Wildman–Crippen MR) is 101 cm³/mol. The van der Waals surface area contributed by atoms with Crippen LogP contribution in [0, 0.1) is 5.92 Å². The lowest BCUT2D eigenvalue weighted by molar-refractivity contribution is -0.129. The molecular weight excluding hydrogens is 344 g/mol. The molecule has 1 amide bonds. The second kappa shape index (κ2) is 7.06. The van der Waals surface area contributed by atoms with Gasteiger partial charge in [-0.15, -0.1) is 0 Å². The summed E-state index contributed by atoms with van der Waals surface area (Å²) in [6.07, 6.45) is 3.34. The fourth-order valence-electron chi connectivity index (χ4n) is 3.53. The molecule has 7 nitrogen and oxygen atoms in total. The number of nitrogens with one attached hydrogen (secondary N) is 1. The molecule has 142 valence electrons. The molecule has 2 aromatic rings. The molecular formula is C20H24N4O3. The van der Waals surface area contributed by atoms with Crippen molar-refractivity contribution in [1.82, 2.24) is 14.7 Å². The smallest absolute Gasteiger partial charge is 0.337 e. The van der Waals surface area contributed by atoms with E-state index in [1.54, 1.807) is 19.1 Å². The second-order valence-electron chi connectivity index (χ2n) is 7.29. The van der Waals surface area contributed by atoms with Gasteiger partial charge in [-0.2, -0.15) is 5.10 Å². The number of nitrogens with zero attached hydrogens (tertiary/aromatic N) is 3. The Labute approximate surface area is 158 Å². The molecule has 1 saturated carbocycles. The molecule has 2 heterocycles. The quantitative estimate of drug-likeness (QED) is 0.821. The molecule has 1 fully saturated rings. The number of esters is 1. The van der Waals surface area contributed by atoms with Crippen LogP contribution in [0.25, 0.3) is 0 Å². The first-order chi connectivity index (χ1) is 13.0. The highest BCUT2D eigenvalue weighted by molar-refractivity contribution is 5.90. The van der Waals surface area contributed by atoms with Crippen molar-refractivity contribution in [3.8, 4) is 0 Å². The van der Waals surface area contributed by atoms with E-state index < -0.39 is 0 Å². The SMILES string of the molecule is COC(=O)c1cccc(Nc2nn(CC3CC3)c3c2CN(C(C)=O)CC3)c1. The van der Waals surface area contributed by atoms with Crippen molar-refractivity contribution in [2.75, 3.05) is 19.0 Å². The Bertz CT molecular complexity index is 885. The van der Waals surface area contributed by atoms with Gasteiger partial charge in [0.2, 0.25) is 5.91 Å². The number of carbonyl (C=O) groups is 2. The Hall–Kier alpha value is -2.83. The number of hydrogen-bond donors (Lipinski definition) is 1. The van der Waals surface area contributed by atoms with E-state index in [0.29, 0.717) is 12.1 Å². The lowest BCUT2D eigenvalue weighted by Crippen LogP contribution is -2.34. The lowest BCUT2D eigenvalue weighted by atomic mass is 10.1. The number of methoxy groups -OCH3 is 1. The number of hydrogen-bond acceptors (Lipinski definition) is 5. The van der Waals surface area contributed by atoms with E-state index in [4.69, 9.17) is 9.84 Å². The number of fused-ring (bicyclic) bond motifs is 1. The van der Waals surface area contributed by atoms with E-state index in [-0.39, 0.29) is 11.9 Å². The van der Waals surface area contributed by atoms with Gasteiger partial charge in [0.25, 0.3) is 0 Å². The fourth-order valence-corrected chi connectivity index (χ4v) is 3.53. The molecule has 0 bridgehead atoms. The molecule has 27 heavy (non-hydrogen) atoms. The minimum Gasteiger partial charge on any atom is -0.465 e. The van der Waals surface area contributed by atoms with Crippen LogP contribution in [0.5, 0.6) is 0 Å². The number of amides is 1. The summed E-state index contributed by atoms with van der Waals surface area (Å²) in [6.45, 7) is 3.84. The normalized spacial score (nSPS) is 16.0. The monoisotopic (exact) mass is 368 g/mol.